The Labute approximate surface area is 171 Å². The quantitative estimate of drug-likeness (QED) is 0.360. The third kappa shape index (κ3) is 6.03. The van der Waals surface area contributed by atoms with Gasteiger partial charge in [0.1, 0.15) is 16.9 Å². The van der Waals surface area contributed by atoms with Gasteiger partial charge in [-0.05, 0) is 12.1 Å². The van der Waals surface area contributed by atoms with Crippen LogP contribution in [-0.4, -0.2) is 38.7 Å². The highest BCUT2D eigenvalue weighted by Crippen LogP contribution is 2.40. The number of Topliss-reactive ketones (excluding diaryl/α,β-unsaturated/α-hetero) is 1. The normalized spacial score (nSPS) is 13.6. The smallest absolute Gasteiger partial charge is 0.508 e. The molecule has 0 saturated heterocycles. The molecule has 0 fully saturated rings. The van der Waals surface area contributed by atoms with E-state index in [0.717, 1.165) is 25.1 Å². The third-order valence-electron chi connectivity index (χ3n) is 3.02. The van der Waals surface area contributed by atoms with Gasteiger partial charge in [0.15, 0.2) is 11.5 Å². The van der Waals surface area contributed by atoms with E-state index < -0.39 is 54.5 Å². The molecule has 0 radical (unpaired) electrons. The van der Waals surface area contributed by atoms with Gasteiger partial charge in [0, 0.05) is 18.4 Å². The molecular weight excluding hydrogens is 519 g/mol. The van der Waals surface area contributed by atoms with E-state index >= 15 is 0 Å². The fourth-order valence-corrected chi connectivity index (χ4v) is 3.37. The number of alkyl halides is 9. The van der Waals surface area contributed by atoms with E-state index in [1.54, 1.807) is 0 Å². The van der Waals surface area contributed by atoms with Crippen molar-refractivity contribution in [2.45, 2.75) is 24.1 Å². The second-order valence-corrected chi connectivity index (χ2v) is 8.70. The monoisotopic (exact) mass is 526 g/mol. The molecule has 1 N–H and O–H groups in total. The minimum absolute atomic E-state index is 0.164. The standard InChI is InChI=1S/C11H7F3O3.C2F6O5S2/c1-5(15)10-9(11(12,13)14)7-3-2-6(16)4-8(7)17-10;3-1(4,5)14(9,10)13-15(11,12)2(6,7)8/h2-4,16H,1H3;. The topological polar surface area (TPSA) is 128 Å². The number of phenolic OH excluding ortho intramolecular Hbond substituents is 1. The lowest BCUT2D eigenvalue weighted by atomic mass is 10.1. The van der Waals surface area contributed by atoms with Crippen molar-refractivity contribution >= 4 is 37.0 Å². The molecule has 1 aromatic heterocycles. The number of furan rings is 1. The molecule has 0 spiro atoms. The first-order valence-corrected chi connectivity index (χ1v) is 10.00. The van der Waals surface area contributed by atoms with Gasteiger partial charge in [-0.25, -0.2) is 0 Å². The number of halogens is 9. The SMILES string of the molecule is CC(=O)c1oc2cc(O)ccc2c1C(F)(F)F.O=S(=O)(OS(=O)(=O)C(F)(F)F)C(F)(F)F. The maximum atomic E-state index is 12.8. The Kier molecular flexibility index (Phi) is 7.24. The summed E-state index contributed by atoms with van der Waals surface area (Å²) in [4.78, 5) is 11.1. The molecule has 0 aliphatic rings. The van der Waals surface area contributed by atoms with Crippen molar-refractivity contribution in [2.75, 3.05) is 0 Å². The summed E-state index contributed by atoms with van der Waals surface area (Å²) >= 11 is 0. The molecular formula is C13H7F9O8S2. The van der Waals surface area contributed by atoms with Crippen molar-refractivity contribution in [1.29, 1.82) is 0 Å². The maximum absolute atomic E-state index is 12.8. The Morgan fingerprint density at radius 3 is 1.69 bits per heavy atom. The van der Waals surface area contributed by atoms with Gasteiger partial charge in [0.2, 0.25) is 0 Å². The predicted octanol–water partition coefficient (Wildman–Crippen LogP) is 4.06. The molecule has 2 rings (SSSR count). The Hall–Kier alpha value is -2.54. The highest BCUT2D eigenvalue weighted by atomic mass is 32.3. The lowest BCUT2D eigenvalue weighted by Crippen LogP contribution is -2.34. The molecule has 0 aliphatic heterocycles. The predicted molar refractivity (Wildman–Crippen MR) is 83.9 cm³/mol. The summed E-state index contributed by atoms with van der Waals surface area (Å²) in [5.41, 5.74) is -13.8. The summed E-state index contributed by atoms with van der Waals surface area (Å²) in [6, 6.07) is 3.22. The van der Waals surface area contributed by atoms with E-state index in [9.17, 15) is 61.1 Å². The van der Waals surface area contributed by atoms with Crippen molar-refractivity contribution in [3.63, 3.8) is 0 Å². The summed E-state index contributed by atoms with van der Waals surface area (Å²) in [6.45, 7) is 0.993. The Morgan fingerprint density at radius 1 is 0.906 bits per heavy atom. The van der Waals surface area contributed by atoms with Gasteiger partial charge in [0.25, 0.3) is 0 Å². The third-order valence-corrected chi connectivity index (χ3v) is 5.59. The summed E-state index contributed by atoms with van der Waals surface area (Å²) in [7, 11) is -13.7. The molecule has 2 aromatic rings. The van der Waals surface area contributed by atoms with Crippen LogP contribution in [0.25, 0.3) is 11.0 Å². The molecule has 1 aromatic carbocycles. The molecule has 19 heteroatoms. The Bertz CT molecular complexity index is 1180. The van der Waals surface area contributed by atoms with Crippen LogP contribution in [-0.2, 0) is 30.0 Å². The number of ketones is 1. The number of hydrogen-bond acceptors (Lipinski definition) is 8. The average molecular weight is 526 g/mol. The van der Waals surface area contributed by atoms with E-state index in [0.29, 0.717) is 0 Å². The molecule has 8 nitrogen and oxygen atoms in total. The van der Waals surface area contributed by atoms with E-state index in [2.05, 4.69) is 0 Å². The van der Waals surface area contributed by atoms with E-state index in [1.165, 1.54) is 0 Å². The van der Waals surface area contributed by atoms with E-state index in [1.807, 2.05) is 3.63 Å². The van der Waals surface area contributed by atoms with Gasteiger partial charge in [-0.15, -0.1) is 3.63 Å². The van der Waals surface area contributed by atoms with Crippen molar-refractivity contribution in [1.82, 2.24) is 0 Å². The van der Waals surface area contributed by atoms with Crippen molar-refractivity contribution < 1.29 is 74.3 Å². The molecule has 0 bridgehead atoms. The first kappa shape index (κ1) is 27.5. The zero-order valence-corrected chi connectivity index (χ0v) is 16.4. The molecule has 32 heavy (non-hydrogen) atoms. The molecule has 0 amide bonds. The van der Waals surface area contributed by atoms with Gasteiger partial charge < -0.3 is 9.52 Å². The number of phenols is 1. The summed E-state index contributed by atoms with van der Waals surface area (Å²) in [5.74, 6) is -1.78. The highest BCUT2D eigenvalue weighted by Gasteiger charge is 2.57. The van der Waals surface area contributed by atoms with Crippen LogP contribution in [0.5, 0.6) is 5.75 Å². The number of carbonyl (C=O) groups excluding carboxylic acids is 1. The van der Waals surface area contributed by atoms with Gasteiger partial charge in [-0.3, -0.25) is 4.79 Å². The first-order valence-electron chi connectivity index (χ1n) is 7.18. The van der Waals surface area contributed by atoms with Crippen LogP contribution < -0.4 is 0 Å². The molecule has 0 aliphatic carbocycles. The molecule has 182 valence electrons. The van der Waals surface area contributed by atoms with Crippen LogP contribution in [0.1, 0.15) is 23.0 Å². The fraction of sp³-hybridized carbons (Fsp3) is 0.308. The van der Waals surface area contributed by atoms with Crippen LogP contribution in [0.15, 0.2) is 22.6 Å². The van der Waals surface area contributed by atoms with Crippen LogP contribution >= 0.6 is 0 Å². The number of carbonyl (C=O) groups is 1. The maximum Gasteiger partial charge on any atom is 0.524 e. The highest BCUT2D eigenvalue weighted by molar-refractivity contribution is 8.00. The van der Waals surface area contributed by atoms with E-state index in [-0.39, 0.29) is 16.7 Å². The number of benzene rings is 1. The second kappa shape index (κ2) is 8.43. The summed E-state index contributed by atoms with van der Waals surface area (Å²) < 4.78 is 153. The minimum Gasteiger partial charge on any atom is -0.508 e. The van der Waals surface area contributed by atoms with Crippen molar-refractivity contribution in [3.05, 3.63) is 29.5 Å². The second-order valence-electron chi connectivity index (χ2n) is 5.41. The number of aromatic hydroxyl groups is 1. The van der Waals surface area contributed by atoms with Gasteiger partial charge in [-0.2, -0.15) is 56.3 Å². The molecule has 0 unspecified atom stereocenters. The van der Waals surface area contributed by atoms with Gasteiger partial charge in [-0.1, -0.05) is 0 Å². The zero-order chi connectivity index (χ0) is 25.5. The first-order chi connectivity index (χ1) is 14.0. The van der Waals surface area contributed by atoms with Crippen LogP contribution in [0, 0.1) is 0 Å². The van der Waals surface area contributed by atoms with Crippen molar-refractivity contribution in [3.8, 4) is 5.75 Å². The number of rotatable bonds is 3. The number of hydrogen-bond donors (Lipinski definition) is 1. The largest absolute Gasteiger partial charge is 0.524 e. The Morgan fingerprint density at radius 2 is 1.34 bits per heavy atom. The van der Waals surface area contributed by atoms with Crippen LogP contribution in [0.4, 0.5) is 39.5 Å². The summed E-state index contributed by atoms with van der Waals surface area (Å²) in [6.07, 6.45) is -4.68. The Balaban J connectivity index is 0.000000324. The molecule has 1 heterocycles. The molecule has 0 saturated carbocycles. The van der Waals surface area contributed by atoms with Crippen LogP contribution in [0.3, 0.4) is 0 Å². The van der Waals surface area contributed by atoms with E-state index in [4.69, 9.17) is 9.52 Å². The van der Waals surface area contributed by atoms with Crippen LogP contribution in [0.2, 0.25) is 0 Å². The lowest BCUT2D eigenvalue weighted by molar-refractivity contribution is -0.137. The fourth-order valence-electron chi connectivity index (χ4n) is 1.81. The lowest BCUT2D eigenvalue weighted by Gasteiger charge is -2.09. The number of fused-ring (bicyclic) bond motifs is 1. The average Bonchev–Trinajstić information content (AvgIpc) is 2.91. The minimum atomic E-state index is -6.85. The van der Waals surface area contributed by atoms with Crippen molar-refractivity contribution in [2.24, 2.45) is 0 Å². The van der Waals surface area contributed by atoms with Gasteiger partial charge in [0.05, 0.1) is 0 Å². The van der Waals surface area contributed by atoms with Gasteiger partial charge >= 0.3 is 37.4 Å². The zero-order valence-electron chi connectivity index (χ0n) is 14.8. The summed E-state index contributed by atoms with van der Waals surface area (Å²) in [5, 5.41) is 8.91. The molecule has 0 atom stereocenters.